The number of aromatic nitrogens is 3. The fourth-order valence-corrected chi connectivity index (χ4v) is 3.18. The first kappa shape index (κ1) is 17.4. The molecule has 27 heavy (non-hydrogen) atoms. The summed E-state index contributed by atoms with van der Waals surface area (Å²) in [4.78, 5) is 25.1. The Labute approximate surface area is 159 Å². The highest BCUT2D eigenvalue weighted by Crippen LogP contribution is 2.20. The molecule has 138 valence electrons. The van der Waals surface area contributed by atoms with Crippen molar-refractivity contribution in [2.45, 2.75) is 26.4 Å². The maximum Gasteiger partial charge on any atom is 0.291 e. The predicted octanol–water partition coefficient (Wildman–Crippen LogP) is 2.77. The van der Waals surface area contributed by atoms with Crippen molar-refractivity contribution in [2.24, 2.45) is 0 Å². The first-order chi connectivity index (χ1) is 13.1. The Hall–Kier alpha value is -3.06. The third kappa shape index (κ3) is 3.21. The van der Waals surface area contributed by atoms with E-state index in [1.807, 2.05) is 19.1 Å². The van der Waals surface area contributed by atoms with E-state index in [1.165, 1.54) is 4.68 Å². The zero-order valence-corrected chi connectivity index (χ0v) is 15.4. The first-order valence-electron chi connectivity index (χ1n) is 8.56. The van der Waals surface area contributed by atoms with Gasteiger partial charge in [0.25, 0.3) is 5.56 Å². The van der Waals surface area contributed by atoms with Gasteiger partial charge in [-0.3, -0.25) is 14.0 Å². The van der Waals surface area contributed by atoms with E-state index in [2.05, 4.69) is 10.4 Å². The van der Waals surface area contributed by atoms with Crippen molar-refractivity contribution in [2.75, 3.05) is 0 Å². The number of hydrogen-bond acceptors (Lipinski definition) is 4. The molecule has 7 nitrogen and oxygen atoms in total. The van der Waals surface area contributed by atoms with Crippen molar-refractivity contribution < 1.29 is 9.21 Å². The van der Waals surface area contributed by atoms with Crippen molar-refractivity contribution in [3.05, 3.63) is 69.4 Å². The molecule has 0 atom stereocenters. The van der Waals surface area contributed by atoms with E-state index in [0.717, 1.165) is 11.1 Å². The number of hydrogen-bond donors (Lipinski definition) is 1. The molecule has 0 saturated carbocycles. The number of nitrogens with zero attached hydrogens (tertiary/aromatic N) is 3. The highest BCUT2D eigenvalue weighted by molar-refractivity contribution is 6.30. The summed E-state index contributed by atoms with van der Waals surface area (Å²) in [6.45, 7) is 2.15. The summed E-state index contributed by atoms with van der Waals surface area (Å²) in [5.74, 6) is 0.396. The average molecular weight is 385 g/mol. The lowest BCUT2D eigenvalue weighted by Gasteiger charge is -2.10. The molecule has 0 aliphatic heterocycles. The second kappa shape index (κ2) is 6.92. The van der Waals surface area contributed by atoms with Gasteiger partial charge >= 0.3 is 0 Å². The van der Waals surface area contributed by atoms with Crippen molar-refractivity contribution in [3.8, 4) is 0 Å². The summed E-state index contributed by atoms with van der Waals surface area (Å²) in [6.07, 6.45) is 2.18. The van der Waals surface area contributed by atoms with Gasteiger partial charge in [-0.05, 0) is 17.7 Å². The summed E-state index contributed by atoms with van der Waals surface area (Å²) in [5.41, 5.74) is 2.45. The number of aryl methyl sites for hydroxylation is 1. The van der Waals surface area contributed by atoms with Crippen LogP contribution >= 0.6 is 11.6 Å². The lowest BCUT2D eigenvalue weighted by Crippen LogP contribution is -2.35. The Bertz CT molecular complexity index is 1190. The van der Waals surface area contributed by atoms with Crippen LogP contribution < -0.4 is 10.9 Å². The van der Waals surface area contributed by atoms with Gasteiger partial charge in [0.15, 0.2) is 5.58 Å². The lowest BCUT2D eigenvalue weighted by atomic mass is 10.2. The number of carbonyl (C=O) groups excluding carboxylic acids is 1. The standard InChI is InChI=1S/C19H17ClN4O3/c1-2-17-22-23(11-18(25)21-10-12-3-5-13(20)6-4-12)19(26)15-9-16-14(24(15)17)7-8-27-16/h3-9H,2,10-11H2,1H3,(H,21,25). The molecule has 0 fully saturated rings. The van der Waals surface area contributed by atoms with Gasteiger partial charge in [0, 0.05) is 30.1 Å². The largest absolute Gasteiger partial charge is 0.463 e. The molecule has 0 aliphatic carbocycles. The van der Waals surface area contributed by atoms with Crippen LogP contribution in [0.3, 0.4) is 0 Å². The van der Waals surface area contributed by atoms with Gasteiger partial charge in [-0.15, -0.1) is 0 Å². The van der Waals surface area contributed by atoms with Gasteiger partial charge in [0.05, 0.1) is 11.8 Å². The molecular formula is C19H17ClN4O3. The lowest BCUT2D eigenvalue weighted by molar-refractivity contribution is -0.122. The van der Waals surface area contributed by atoms with Gasteiger partial charge in [-0.1, -0.05) is 30.7 Å². The van der Waals surface area contributed by atoms with E-state index in [-0.39, 0.29) is 18.0 Å². The van der Waals surface area contributed by atoms with Crippen LogP contribution in [0.15, 0.2) is 51.9 Å². The first-order valence-corrected chi connectivity index (χ1v) is 8.94. The van der Waals surface area contributed by atoms with Gasteiger partial charge in [0.1, 0.15) is 17.9 Å². The van der Waals surface area contributed by atoms with Crippen molar-refractivity contribution in [1.29, 1.82) is 0 Å². The van der Waals surface area contributed by atoms with E-state index < -0.39 is 0 Å². The number of furan rings is 1. The molecule has 0 aliphatic rings. The maximum atomic E-state index is 12.8. The molecule has 0 radical (unpaired) electrons. The number of carbonyl (C=O) groups is 1. The Morgan fingerprint density at radius 3 is 2.74 bits per heavy atom. The van der Waals surface area contributed by atoms with Crippen LogP contribution in [0.4, 0.5) is 0 Å². The molecule has 1 N–H and O–H groups in total. The van der Waals surface area contributed by atoms with E-state index in [0.29, 0.717) is 34.9 Å². The Morgan fingerprint density at radius 1 is 1.22 bits per heavy atom. The second-order valence-corrected chi connectivity index (χ2v) is 6.61. The normalized spacial score (nSPS) is 11.3. The van der Waals surface area contributed by atoms with Crippen LogP contribution in [0, 0.1) is 0 Å². The average Bonchev–Trinajstić information content (AvgIpc) is 3.25. The monoisotopic (exact) mass is 384 g/mol. The smallest absolute Gasteiger partial charge is 0.291 e. The number of halogens is 1. The van der Waals surface area contributed by atoms with Crippen LogP contribution in [0.2, 0.25) is 5.02 Å². The summed E-state index contributed by atoms with van der Waals surface area (Å²) >= 11 is 5.85. The SMILES string of the molecule is CCc1nn(CC(=O)NCc2ccc(Cl)cc2)c(=O)c2cc3occc3n12. The molecule has 1 amide bonds. The molecule has 0 unspecified atom stereocenters. The van der Waals surface area contributed by atoms with Crippen molar-refractivity contribution in [1.82, 2.24) is 19.5 Å². The fraction of sp³-hybridized carbons (Fsp3) is 0.211. The third-order valence-corrected chi connectivity index (χ3v) is 4.64. The Morgan fingerprint density at radius 2 is 2.00 bits per heavy atom. The summed E-state index contributed by atoms with van der Waals surface area (Å²) < 4.78 is 8.37. The van der Waals surface area contributed by atoms with Crippen molar-refractivity contribution in [3.63, 3.8) is 0 Å². The van der Waals surface area contributed by atoms with Crippen LogP contribution in [-0.2, 0) is 24.3 Å². The number of benzene rings is 1. The number of rotatable bonds is 5. The van der Waals surface area contributed by atoms with Crippen molar-refractivity contribution >= 4 is 34.1 Å². The van der Waals surface area contributed by atoms with Gasteiger partial charge < -0.3 is 9.73 Å². The molecular weight excluding hydrogens is 368 g/mol. The zero-order chi connectivity index (χ0) is 19.0. The van der Waals surface area contributed by atoms with Crippen LogP contribution in [0.1, 0.15) is 18.3 Å². The van der Waals surface area contributed by atoms with Crippen LogP contribution in [-0.4, -0.2) is 20.1 Å². The van der Waals surface area contributed by atoms with Gasteiger partial charge in [0.2, 0.25) is 5.91 Å². The minimum atomic E-state index is -0.333. The molecule has 3 heterocycles. The van der Waals surface area contributed by atoms with Crippen LogP contribution in [0.25, 0.3) is 16.6 Å². The number of fused-ring (bicyclic) bond motifs is 3. The molecule has 0 saturated heterocycles. The van der Waals surface area contributed by atoms with E-state index >= 15 is 0 Å². The number of nitrogens with one attached hydrogen (secondary N) is 1. The zero-order valence-electron chi connectivity index (χ0n) is 14.6. The number of amides is 1. The molecule has 4 rings (SSSR count). The van der Waals surface area contributed by atoms with Crippen LogP contribution in [0.5, 0.6) is 0 Å². The quantitative estimate of drug-likeness (QED) is 0.573. The third-order valence-electron chi connectivity index (χ3n) is 4.38. The minimum absolute atomic E-state index is 0.150. The summed E-state index contributed by atoms with van der Waals surface area (Å²) in [6, 6.07) is 10.7. The molecule has 4 aromatic rings. The van der Waals surface area contributed by atoms with E-state index in [1.54, 1.807) is 34.9 Å². The molecule has 0 bridgehead atoms. The second-order valence-electron chi connectivity index (χ2n) is 6.17. The molecule has 3 aromatic heterocycles. The topological polar surface area (TPSA) is 81.5 Å². The van der Waals surface area contributed by atoms with Gasteiger partial charge in [-0.2, -0.15) is 5.10 Å². The van der Waals surface area contributed by atoms with E-state index in [9.17, 15) is 9.59 Å². The highest BCUT2D eigenvalue weighted by Gasteiger charge is 2.16. The molecule has 0 spiro atoms. The fourth-order valence-electron chi connectivity index (χ4n) is 3.05. The Balaban J connectivity index is 1.59. The van der Waals surface area contributed by atoms with Gasteiger partial charge in [-0.25, -0.2) is 4.68 Å². The summed E-state index contributed by atoms with van der Waals surface area (Å²) in [5, 5.41) is 7.81. The minimum Gasteiger partial charge on any atom is -0.463 e. The highest BCUT2D eigenvalue weighted by atomic mass is 35.5. The summed E-state index contributed by atoms with van der Waals surface area (Å²) in [7, 11) is 0. The molecule has 8 heteroatoms. The Kier molecular flexibility index (Phi) is 4.45. The van der Waals surface area contributed by atoms with E-state index in [4.69, 9.17) is 16.0 Å². The maximum absolute atomic E-state index is 12.8. The predicted molar refractivity (Wildman–Crippen MR) is 102 cm³/mol. The molecule has 1 aromatic carbocycles.